The van der Waals surface area contributed by atoms with E-state index in [0.717, 1.165) is 31.4 Å². The minimum atomic E-state index is -0.759. The summed E-state index contributed by atoms with van der Waals surface area (Å²) in [4.78, 5) is 29.8. The summed E-state index contributed by atoms with van der Waals surface area (Å²) in [6, 6.07) is 3.66. The second-order valence-electron chi connectivity index (χ2n) is 9.11. The normalized spacial score (nSPS) is 20.3. The van der Waals surface area contributed by atoms with Crippen LogP contribution in [0, 0.1) is 18.8 Å². The van der Waals surface area contributed by atoms with Crippen LogP contribution in [0.2, 0.25) is 0 Å². The largest absolute Gasteiger partial charge is 0.489 e. The maximum Gasteiger partial charge on any atom is 0.409 e. The zero-order valence-corrected chi connectivity index (χ0v) is 19.4. The van der Waals surface area contributed by atoms with Gasteiger partial charge in [0.15, 0.2) is 0 Å². The van der Waals surface area contributed by atoms with Crippen molar-refractivity contribution in [2.24, 2.45) is 18.9 Å². The van der Waals surface area contributed by atoms with E-state index < -0.39 is 5.97 Å². The van der Waals surface area contributed by atoms with Crippen molar-refractivity contribution in [2.75, 3.05) is 13.7 Å². The predicted octanol–water partition coefficient (Wildman–Crippen LogP) is 3.19. The van der Waals surface area contributed by atoms with Crippen molar-refractivity contribution < 1.29 is 24.2 Å². The molecular weight excluding hydrogens is 426 g/mol. The Balaban J connectivity index is 1.44. The first-order valence-corrected chi connectivity index (χ1v) is 11.5. The number of carbonyl (C=O) groups is 2. The van der Waals surface area contributed by atoms with Gasteiger partial charge in [-0.1, -0.05) is 5.21 Å². The maximum absolute atomic E-state index is 12.3. The highest BCUT2D eigenvalue weighted by Crippen LogP contribution is 2.31. The van der Waals surface area contributed by atoms with Crippen molar-refractivity contribution >= 4 is 12.1 Å². The lowest BCUT2D eigenvalue weighted by Gasteiger charge is -2.27. The molecule has 2 fully saturated rings. The highest BCUT2D eigenvalue weighted by Gasteiger charge is 2.29. The van der Waals surface area contributed by atoms with Gasteiger partial charge >= 0.3 is 12.1 Å². The summed E-state index contributed by atoms with van der Waals surface area (Å²) in [7, 11) is 3.47. The SMILES string of the molecule is Cc1nc(-c2nnn(C)c2CN(C)C(=O)OCC2CC2)ccc1O[C@H]1CCC[C@H](C(=O)O)C1. The molecule has 0 saturated heterocycles. The zero-order valence-electron chi connectivity index (χ0n) is 19.4. The molecule has 4 rings (SSSR count). The van der Waals surface area contributed by atoms with Crippen LogP contribution in [0.1, 0.15) is 49.9 Å². The summed E-state index contributed by atoms with van der Waals surface area (Å²) in [5.74, 6) is 0.0327. The number of carboxylic acid groups (broad SMARTS) is 1. The number of pyridine rings is 1. The van der Waals surface area contributed by atoms with Gasteiger partial charge in [0.1, 0.15) is 11.4 Å². The van der Waals surface area contributed by atoms with Gasteiger partial charge in [0.05, 0.1) is 42.3 Å². The fourth-order valence-electron chi connectivity index (χ4n) is 4.09. The second-order valence-corrected chi connectivity index (χ2v) is 9.11. The third-order valence-corrected chi connectivity index (χ3v) is 6.33. The lowest BCUT2D eigenvalue weighted by Crippen LogP contribution is -2.29. The average Bonchev–Trinajstić information content (AvgIpc) is 3.56. The Hall–Kier alpha value is -3.17. The van der Waals surface area contributed by atoms with E-state index in [2.05, 4.69) is 15.3 Å². The molecule has 0 spiro atoms. The van der Waals surface area contributed by atoms with Crippen molar-refractivity contribution in [2.45, 2.75) is 58.1 Å². The highest BCUT2D eigenvalue weighted by molar-refractivity contribution is 5.70. The first-order chi connectivity index (χ1) is 15.8. The number of nitrogens with zero attached hydrogens (tertiary/aromatic N) is 5. The van der Waals surface area contributed by atoms with Gasteiger partial charge in [0.2, 0.25) is 0 Å². The minimum absolute atomic E-state index is 0.131. The van der Waals surface area contributed by atoms with E-state index in [1.54, 1.807) is 18.8 Å². The molecular formula is C23H31N5O5. The Labute approximate surface area is 192 Å². The van der Waals surface area contributed by atoms with E-state index in [0.29, 0.717) is 54.7 Å². The van der Waals surface area contributed by atoms with Crippen LogP contribution in [0.5, 0.6) is 5.75 Å². The van der Waals surface area contributed by atoms with Crippen LogP contribution in [0.4, 0.5) is 4.79 Å². The average molecular weight is 458 g/mol. The highest BCUT2D eigenvalue weighted by atomic mass is 16.6. The molecule has 0 aliphatic heterocycles. The quantitative estimate of drug-likeness (QED) is 0.642. The Kier molecular flexibility index (Phi) is 6.80. The van der Waals surface area contributed by atoms with Crippen LogP contribution in [0.25, 0.3) is 11.4 Å². The van der Waals surface area contributed by atoms with Gasteiger partial charge in [-0.2, -0.15) is 0 Å². The molecule has 2 aromatic heterocycles. The maximum atomic E-state index is 12.3. The molecule has 0 aromatic carbocycles. The lowest BCUT2D eigenvalue weighted by atomic mass is 9.87. The molecule has 2 saturated carbocycles. The Bertz CT molecular complexity index is 1020. The molecule has 2 atom stereocenters. The summed E-state index contributed by atoms with van der Waals surface area (Å²) < 4.78 is 13.1. The molecule has 1 amide bonds. The number of aliphatic carboxylic acids is 1. The molecule has 2 aromatic rings. The second kappa shape index (κ2) is 9.76. The minimum Gasteiger partial charge on any atom is -0.489 e. The number of carbonyl (C=O) groups excluding carboxylic acids is 1. The molecule has 2 heterocycles. The third-order valence-electron chi connectivity index (χ3n) is 6.33. The molecule has 2 aliphatic rings. The standard InChI is InChI=1S/C23H31N5O5/c1-14-20(33-17-6-4-5-16(11-17)22(29)30)10-9-18(24-14)21-19(28(3)26-25-21)12-27(2)23(31)32-13-15-7-8-15/h9-10,15-17H,4-8,11-13H2,1-3H3,(H,29,30)/t16-,17-/m0/s1. The number of hydrogen-bond donors (Lipinski definition) is 1. The van der Waals surface area contributed by atoms with Gasteiger partial charge in [-0.05, 0) is 63.5 Å². The molecule has 0 radical (unpaired) electrons. The van der Waals surface area contributed by atoms with Crippen LogP contribution in [-0.2, 0) is 23.1 Å². The van der Waals surface area contributed by atoms with Gasteiger partial charge in [0.25, 0.3) is 0 Å². The summed E-state index contributed by atoms with van der Waals surface area (Å²) in [6.45, 7) is 2.61. The van der Waals surface area contributed by atoms with Crippen molar-refractivity contribution in [1.82, 2.24) is 24.9 Å². The van der Waals surface area contributed by atoms with E-state index >= 15 is 0 Å². The smallest absolute Gasteiger partial charge is 0.409 e. The summed E-state index contributed by atoms with van der Waals surface area (Å²) in [6.07, 6.45) is 4.63. The van der Waals surface area contributed by atoms with E-state index in [1.807, 2.05) is 19.1 Å². The summed E-state index contributed by atoms with van der Waals surface area (Å²) in [5, 5.41) is 17.7. The molecule has 178 valence electrons. The van der Waals surface area contributed by atoms with Crippen LogP contribution in [0.15, 0.2) is 12.1 Å². The molecule has 0 bridgehead atoms. The summed E-state index contributed by atoms with van der Waals surface area (Å²) >= 11 is 0. The number of ether oxygens (including phenoxy) is 2. The number of aromatic nitrogens is 4. The topological polar surface area (TPSA) is 120 Å². The monoisotopic (exact) mass is 457 g/mol. The third kappa shape index (κ3) is 5.61. The number of rotatable bonds is 8. The van der Waals surface area contributed by atoms with Crippen LogP contribution in [-0.4, -0.2) is 61.8 Å². The Morgan fingerprint density at radius 1 is 1.24 bits per heavy atom. The van der Waals surface area contributed by atoms with Gasteiger partial charge in [-0.25, -0.2) is 14.5 Å². The fraction of sp³-hybridized carbons (Fsp3) is 0.609. The Morgan fingerprint density at radius 2 is 2.03 bits per heavy atom. The van der Waals surface area contributed by atoms with E-state index in [4.69, 9.17) is 9.47 Å². The van der Waals surface area contributed by atoms with Crippen LogP contribution in [0.3, 0.4) is 0 Å². The van der Waals surface area contributed by atoms with Gasteiger partial charge < -0.3 is 19.5 Å². The number of hydrogen-bond acceptors (Lipinski definition) is 7. The zero-order chi connectivity index (χ0) is 23.5. The van der Waals surface area contributed by atoms with Crippen molar-refractivity contribution in [1.29, 1.82) is 0 Å². The molecule has 33 heavy (non-hydrogen) atoms. The fourth-order valence-corrected chi connectivity index (χ4v) is 4.09. The molecule has 0 unspecified atom stereocenters. The number of aryl methyl sites for hydroxylation is 2. The first kappa shape index (κ1) is 23.0. The number of amides is 1. The molecule has 2 aliphatic carbocycles. The Morgan fingerprint density at radius 3 is 2.73 bits per heavy atom. The van der Waals surface area contributed by atoms with Crippen LogP contribution >= 0.6 is 0 Å². The summed E-state index contributed by atoms with van der Waals surface area (Å²) in [5.41, 5.74) is 2.67. The van der Waals surface area contributed by atoms with E-state index in [9.17, 15) is 14.7 Å². The molecule has 1 N–H and O–H groups in total. The number of carboxylic acids is 1. The van der Waals surface area contributed by atoms with Crippen molar-refractivity contribution in [3.63, 3.8) is 0 Å². The predicted molar refractivity (Wildman–Crippen MR) is 119 cm³/mol. The van der Waals surface area contributed by atoms with Crippen LogP contribution < -0.4 is 4.74 Å². The first-order valence-electron chi connectivity index (χ1n) is 11.5. The van der Waals surface area contributed by atoms with Gasteiger partial charge in [0, 0.05) is 14.1 Å². The van der Waals surface area contributed by atoms with Gasteiger partial charge in [-0.15, -0.1) is 5.10 Å². The molecule has 10 nitrogen and oxygen atoms in total. The van der Waals surface area contributed by atoms with Crippen molar-refractivity contribution in [3.8, 4) is 17.1 Å². The molecule has 10 heteroatoms. The van der Waals surface area contributed by atoms with E-state index in [-0.39, 0.29) is 18.1 Å². The van der Waals surface area contributed by atoms with E-state index in [1.165, 1.54) is 4.90 Å². The van der Waals surface area contributed by atoms with Gasteiger partial charge in [-0.3, -0.25) is 4.79 Å². The van der Waals surface area contributed by atoms with Crippen molar-refractivity contribution in [3.05, 3.63) is 23.5 Å². The lowest BCUT2D eigenvalue weighted by molar-refractivity contribution is -0.143.